The van der Waals surface area contributed by atoms with Gasteiger partial charge in [0.2, 0.25) is 23.6 Å². The second kappa shape index (κ2) is 6.58. The molecule has 0 aliphatic rings. The van der Waals surface area contributed by atoms with E-state index >= 15 is 0 Å². The number of hydrogen-bond acceptors (Lipinski definition) is 4. The lowest BCUT2D eigenvalue weighted by molar-refractivity contribution is -0.162. The van der Waals surface area contributed by atoms with E-state index in [0.29, 0.717) is 0 Å². The summed E-state index contributed by atoms with van der Waals surface area (Å²) in [4.78, 5) is 50.4. The van der Waals surface area contributed by atoms with Crippen LogP contribution < -0.4 is 0 Å². The zero-order valence-electron chi connectivity index (χ0n) is 15.1. The fourth-order valence-electron chi connectivity index (χ4n) is 2.49. The fourth-order valence-corrected chi connectivity index (χ4v) is 2.49. The topological polar surface area (TPSA) is 74.8 Å². The Labute approximate surface area is 132 Å². The van der Waals surface area contributed by atoms with Crippen molar-refractivity contribution in [2.45, 2.75) is 73.9 Å². The summed E-state index contributed by atoms with van der Waals surface area (Å²) >= 11 is 0. The Morgan fingerprint density at radius 1 is 0.773 bits per heavy atom. The summed E-state index contributed by atoms with van der Waals surface area (Å²) in [5, 5.41) is 0. The molecular formula is C16H28N2O4. The zero-order chi connectivity index (χ0) is 18.0. The number of carbonyl (C=O) groups excluding carboxylic acids is 4. The minimum absolute atomic E-state index is 0.340. The molecule has 6 nitrogen and oxygen atoms in total. The molecule has 0 aliphatic carbocycles. The van der Waals surface area contributed by atoms with Crippen LogP contribution in [0.25, 0.3) is 0 Å². The van der Waals surface area contributed by atoms with Crippen molar-refractivity contribution in [1.29, 1.82) is 0 Å². The molecule has 0 rings (SSSR count). The van der Waals surface area contributed by atoms with Crippen LogP contribution in [-0.2, 0) is 19.2 Å². The van der Waals surface area contributed by atoms with Crippen molar-refractivity contribution in [3.8, 4) is 0 Å². The first-order chi connectivity index (χ1) is 9.65. The molecular weight excluding hydrogens is 284 g/mol. The number of rotatable bonds is 3. The normalized spacial score (nSPS) is 13.3. The van der Waals surface area contributed by atoms with Gasteiger partial charge in [0.15, 0.2) is 0 Å². The number of amides is 4. The predicted molar refractivity (Wildman–Crippen MR) is 83.7 cm³/mol. The lowest BCUT2D eigenvalue weighted by Gasteiger charge is -2.45. The molecule has 126 valence electrons. The molecule has 0 aromatic heterocycles. The Morgan fingerprint density at radius 2 is 1.14 bits per heavy atom. The van der Waals surface area contributed by atoms with Crippen molar-refractivity contribution in [2.75, 3.05) is 0 Å². The lowest BCUT2D eigenvalue weighted by atomic mass is 9.88. The van der Waals surface area contributed by atoms with E-state index in [9.17, 15) is 19.2 Å². The molecule has 6 heteroatoms. The van der Waals surface area contributed by atoms with Crippen molar-refractivity contribution < 1.29 is 19.2 Å². The molecule has 0 spiro atoms. The molecule has 1 unspecified atom stereocenters. The smallest absolute Gasteiger partial charge is 0.234 e. The molecule has 0 N–H and O–H groups in total. The number of hydrogen-bond donors (Lipinski definition) is 0. The van der Waals surface area contributed by atoms with Gasteiger partial charge in [-0.05, 0) is 20.8 Å². The van der Waals surface area contributed by atoms with E-state index in [4.69, 9.17) is 0 Å². The highest BCUT2D eigenvalue weighted by molar-refractivity contribution is 5.98. The third-order valence-electron chi connectivity index (χ3n) is 3.82. The molecule has 0 heterocycles. The first-order valence-electron chi connectivity index (χ1n) is 7.31. The maximum Gasteiger partial charge on any atom is 0.234 e. The molecule has 4 amide bonds. The number of imide groups is 2. The van der Waals surface area contributed by atoms with Gasteiger partial charge in [-0.15, -0.1) is 0 Å². The molecule has 0 aromatic rings. The van der Waals surface area contributed by atoms with Gasteiger partial charge in [0, 0.05) is 26.2 Å². The fraction of sp³-hybridized carbons (Fsp3) is 0.750. The van der Waals surface area contributed by atoms with Crippen LogP contribution >= 0.6 is 0 Å². The van der Waals surface area contributed by atoms with Crippen molar-refractivity contribution in [3.63, 3.8) is 0 Å². The summed E-state index contributed by atoms with van der Waals surface area (Å²) in [6.45, 7) is 14.1. The molecule has 0 fully saturated rings. The molecule has 1 atom stereocenters. The second-order valence-electron chi connectivity index (χ2n) is 7.15. The van der Waals surface area contributed by atoms with Crippen molar-refractivity contribution >= 4 is 23.6 Å². The largest absolute Gasteiger partial charge is 0.277 e. The van der Waals surface area contributed by atoms with Crippen molar-refractivity contribution in [2.24, 2.45) is 5.41 Å². The van der Waals surface area contributed by atoms with Crippen molar-refractivity contribution in [1.82, 2.24) is 9.80 Å². The minimum Gasteiger partial charge on any atom is -0.277 e. The Hall–Kier alpha value is -1.72. The van der Waals surface area contributed by atoms with E-state index < -0.39 is 34.7 Å². The van der Waals surface area contributed by atoms with Crippen molar-refractivity contribution in [3.05, 3.63) is 0 Å². The average Bonchev–Trinajstić information content (AvgIpc) is 2.24. The third-order valence-corrected chi connectivity index (χ3v) is 3.82. The van der Waals surface area contributed by atoms with Gasteiger partial charge in [-0.3, -0.25) is 29.0 Å². The molecule has 0 aliphatic heterocycles. The molecule has 22 heavy (non-hydrogen) atoms. The Kier molecular flexibility index (Phi) is 6.07. The van der Waals surface area contributed by atoms with E-state index in [1.54, 1.807) is 41.5 Å². The van der Waals surface area contributed by atoms with Crippen LogP contribution in [0.3, 0.4) is 0 Å². The van der Waals surface area contributed by atoms with Gasteiger partial charge in [0.1, 0.15) is 0 Å². The first-order valence-corrected chi connectivity index (χ1v) is 7.31. The van der Waals surface area contributed by atoms with Gasteiger partial charge in [-0.1, -0.05) is 20.8 Å². The predicted octanol–water partition coefficient (Wildman–Crippen LogP) is 1.97. The van der Waals surface area contributed by atoms with Crippen LogP contribution in [-0.4, -0.2) is 45.0 Å². The van der Waals surface area contributed by atoms with E-state index in [1.165, 1.54) is 20.8 Å². The molecule has 0 saturated carbocycles. The Balaban J connectivity index is 5.89. The van der Waals surface area contributed by atoms with Gasteiger partial charge in [0.25, 0.3) is 0 Å². The minimum atomic E-state index is -1.01. The van der Waals surface area contributed by atoms with Gasteiger partial charge in [-0.25, -0.2) is 0 Å². The molecule has 0 bridgehead atoms. The van der Waals surface area contributed by atoms with Crippen LogP contribution in [0.1, 0.15) is 62.3 Å². The van der Waals surface area contributed by atoms with Crippen LogP contribution in [0.2, 0.25) is 0 Å². The zero-order valence-corrected chi connectivity index (χ0v) is 15.1. The van der Waals surface area contributed by atoms with Crippen LogP contribution in [0, 0.1) is 5.41 Å². The molecule has 0 aromatic carbocycles. The van der Waals surface area contributed by atoms with Crippen LogP contribution in [0.5, 0.6) is 0 Å². The molecule has 0 radical (unpaired) electrons. The summed E-state index contributed by atoms with van der Waals surface area (Å²) in [6, 6.07) is -0.649. The summed E-state index contributed by atoms with van der Waals surface area (Å²) in [7, 11) is 0. The standard InChI is InChI=1S/C16H28N2O4/c1-10(16(8,9)18(12(3)20)13(4)21)17(11(2)19)14(22)15(5,6)7/h10H,1-9H3. The van der Waals surface area contributed by atoms with Crippen LogP contribution in [0.15, 0.2) is 0 Å². The van der Waals surface area contributed by atoms with E-state index in [1.807, 2.05) is 0 Å². The lowest BCUT2D eigenvalue weighted by Crippen LogP contribution is -2.63. The summed E-state index contributed by atoms with van der Waals surface area (Å²) in [6.07, 6.45) is 0. The SMILES string of the molecule is CC(=O)N(C(=O)C(C)(C)C)C(C)C(C)(C)N(C(C)=O)C(C)=O. The van der Waals surface area contributed by atoms with Gasteiger partial charge < -0.3 is 0 Å². The second-order valence-corrected chi connectivity index (χ2v) is 7.15. The Bertz CT molecular complexity index is 475. The Morgan fingerprint density at radius 3 is 1.36 bits per heavy atom. The summed E-state index contributed by atoms with van der Waals surface area (Å²) < 4.78 is 0. The third kappa shape index (κ3) is 4.15. The monoisotopic (exact) mass is 312 g/mol. The van der Waals surface area contributed by atoms with Gasteiger partial charge >= 0.3 is 0 Å². The maximum absolute atomic E-state index is 12.6. The first kappa shape index (κ1) is 20.3. The van der Waals surface area contributed by atoms with E-state index in [2.05, 4.69) is 0 Å². The summed E-state index contributed by atoms with van der Waals surface area (Å²) in [5.41, 5.74) is -1.75. The highest BCUT2D eigenvalue weighted by Gasteiger charge is 2.44. The number of carbonyl (C=O) groups is 4. The van der Waals surface area contributed by atoms with Gasteiger partial charge in [-0.2, -0.15) is 0 Å². The number of nitrogens with zero attached hydrogens (tertiary/aromatic N) is 2. The van der Waals surface area contributed by atoms with Gasteiger partial charge in [0.05, 0.1) is 11.6 Å². The highest BCUT2D eigenvalue weighted by Crippen LogP contribution is 2.28. The van der Waals surface area contributed by atoms with E-state index in [0.717, 1.165) is 9.80 Å². The highest BCUT2D eigenvalue weighted by atomic mass is 16.2. The van der Waals surface area contributed by atoms with Crippen LogP contribution in [0.4, 0.5) is 0 Å². The molecule has 0 saturated heterocycles. The average molecular weight is 312 g/mol. The quantitative estimate of drug-likeness (QED) is 0.798. The maximum atomic E-state index is 12.6. The van der Waals surface area contributed by atoms with E-state index in [-0.39, 0.29) is 5.91 Å². The summed E-state index contributed by atoms with van der Waals surface area (Å²) in [5.74, 6) is -1.59.